The first kappa shape index (κ1) is 20.6. The summed E-state index contributed by atoms with van der Waals surface area (Å²) in [4.78, 5) is 0. The van der Waals surface area contributed by atoms with Crippen LogP contribution >= 0.6 is 0 Å². The van der Waals surface area contributed by atoms with Gasteiger partial charge in [0.25, 0.3) is 0 Å². The standard InChI is InChI=1S/C20H31N3O3/c1-4-26-20(19(22)12-25)15-5-7-18(8-6-15)23-13(2)9-16(14(23)3)10-17(21)11-24/h5-9,17,19-20,24-25H,4,10-12,21-22H2,1-3H3. The summed E-state index contributed by atoms with van der Waals surface area (Å²) in [5.74, 6) is 0. The summed E-state index contributed by atoms with van der Waals surface area (Å²) < 4.78 is 7.88. The number of aromatic nitrogens is 1. The van der Waals surface area contributed by atoms with E-state index in [1.165, 1.54) is 0 Å². The van der Waals surface area contributed by atoms with Gasteiger partial charge in [0, 0.05) is 29.7 Å². The second-order valence-corrected chi connectivity index (χ2v) is 6.69. The minimum Gasteiger partial charge on any atom is -0.395 e. The van der Waals surface area contributed by atoms with Crippen LogP contribution in [0.5, 0.6) is 0 Å². The van der Waals surface area contributed by atoms with Crippen LogP contribution in [0.3, 0.4) is 0 Å². The van der Waals surface area contributed by atoms with Gasteiger partial charge in [-0.15, -0.1) is 0 Å². The molecule has 6 N–H and O–H groups in total. The Morgan fingerprint density at radius 1 is 1.08 bits per heavy atom. The van der Waals surface area contributed by atoms with Crippen LogP contribution in [0.25, 0.3) is 5.69 Å². The zero-order chi connectivity index (χ0) is 19.3. The van der Waals surface area contributed by atoms with E-state index in [1.807, 2.05) is 31.2 Å². The van der Waals surface area contributed by atoms with Crippen LogP contribution in [-0.4, -0.2) is 46.7 Å². The SMILES string of the molecule is CCOC(c1ccc(-n2c(C)cc(CC(N)CO)c2C)cc1)C(N)CO. The van der Waals surface area contributed by atoms with Crippen LogP contribution in [0, 0.1) is 13.8 Å². The van der Waals surface area contributed by atoms with Gasteiger partial charge in [-0.25, -0.2) is 0 Å². The zero-order valence-electron chi connectivity index (χ0n) is 15.9. The number of benzene rings is 1. The van der Waals surface area contributed by atoms with Crippen LogP contribution in [0.2, 0.25) is 0 Å². The number of aliphatic hydroxyl groups excluding tert-OH is 2. The van der Waals surface area contributed by atoms with Crippen molar-refractivity contribution in [3.8, 4) is 5.69 Å². The molecule has 0 aliphatic rings. The predicted molar refractivity (Wildman–Crippen MR) is 103 cm³/mol. The molecular formula is C20H31N3O3. The summed E-state index contributed by atoms with van der Waals surface area (Å²) in [5, 5.41) is 18.6. The van der Waals surface area contributed by atoms with E-state index in [9.17, 15) is 10.2 Å². The third kappa shape index (κ3) is 4.52. The lowest BCUT2D eigenvalue weighted by molar-refractivity contribution is 0.0277. The summed E-state index contributed by atoms with van der Waals surface area (Å²) >= 11 is 0. The molecule has 0 aliphatic carbocycles. The van der Waals surface area contributed by atoms with Gasteiger partial charge in [0.15, 0.2) is 0 Å². The first-order valence-corrected chi connectivity index (χ1v) is 9.05. The van der Waals surface area contributed by atoms with Gasteiger partial charge in [-0.05, 0) is 56.5 Å². The number of rotatable bonds is 9. The molecule has 0 saturated carbocycles. The molecule has 1 heterocycles. The molecule has 0 radical (unpaired) electrons. The molecule has 0 amide bonds. The first-order chi connectivity index (χ1) is 12.4. The molecule has 26 heavy (non-hydrogen) atoms. The Kier molecular flexibility index (Phi) is 7.37. The highest BCUT2D eigenvalue weighted by molar-refractivity contribution is 5.43. The monoisotopic (exact) mass is 361 g/mol. The van der Waals surface area contributed by atoms with E-state index in [-0.39, 0.29) is 25.4 Å². The van der Waals surface area contributed by atoms with Gasteiger partial charge in [-0.1, -0.05) is 12.1 Å². The molecule has 0 fully saturated rings. The van der Waals surface area contributed by atoms with Crippen molar-refractivity contribution in [2.45, 2.75) is 45.4 Å². The highest BCUT2D eigenvalue weighted by atomic mass is 16.5. The van der Waals surface area contributed by atoms with Gasteiger partial charge in [0.1, 0.15) is 0 Å². The number of aryl methyl sites for hydroxylation is 1. The number of hydrogen-bond acceptors (Lipinski definition) is 5. The topological polar surface area (TPSA) is 107 Å². The molecule has 0 bridgehead atoms. The highest BCUT2D eigenvalue weighted by Gasteiger charge is 2.20. The Hall–Kier alpha value is -1.70. The third-order valence-electron chi connectivity index (χ3n) is 4.68. The van der Waals surface area contributed by atoms with Crippen molar-refractivity contribution in [1.29, 1.82) is 0 Å². The fourth-order valence-corrected chi connectivity index (χ4v) is 3.34. The number of nitrogens with two attached hydrogens (primary N) is 2. The van der Waals surface area contributed by atoms with Crippen LogP contribution in [0.15, 0.2) is 30.3 Å². The Morgan fingerprint density at radius 3 is 2.27 bits per heavy atom. The van der Waals surface area contributed by atoms with Crippen molar-refractivity contribution >= 4 is 0 Å². The van der Waals surface area contributed by atoms with Gasteiger partial charge in [-0.3, -0.25) is 0 Å². The van der Waals surface area contributed by atoms with Gasteiger partial charge < -0.3 is 31.0 Å². The maximum atomic E-state index is 9.36. The maximum Gasteiger partial charge on any atom is 0.0998 e. The Bertz CT molecular complexity index is 697. The molecule has 3 atom stereocenters. The second kappa shape index (κ2) is 9.30. The largest absolute Gasteiger partial charge is 0.395 e. The minimum atomic E-state index is -0.456. The first-order valence-electron chi connectivity index (χ1n) is 9.05. The van der Waals surface area contributed by atoms with Crippen LogP contribution in [0.4, 0.5) is 0 Å². The molecule has 0 spiro atoms. The van der Waals surface area contributed by atoms with E-state index in [1.54, 1.807) is 0 Å². The summed E-state index contributed by atoms with van der Waals surface area (Å²) in [6.45, 7) is 6.41. The summed E-state index contributed by atoms with van der Waals surface area (Å²) in [7, 11) is 0. The van der Waals surface area contributed by atoms with Crippen molar-refractivity contribution in [3.05, 3.63) is 52.8 Å². The molecule has 6 nitrogen and oxygen atoms in total. The molecule has 2 aromatic rings. The maximum absolute atomic E-state index is 9.36. The van der Waals surface area contributed by atoms with Crippen molar-refractivity contribution in [2.75, 3.05) is 19.8 Å². The average Bonchev–Trinajstić information content (AvgIpc) is 2.92. The van der Waals surface area contributed by atoms with E-state index in [2.05, 4.69) is 24.5 Å². The molecule has 1 aromatic heterocycles. The van der Waals surface area contributed by atoms with Crippen molar-refractivity contribution < 1.29 is 14.9 Å². The molecular weight excluding hydrogens is 330 g/mol. The highest BCUT2D eigenvalue weighted by Crippen LogP contribution is 2.25. The Morgan fingerprint density at radius 2 is 1.73 bits per heavy atom. The van der Waals surface area contributed by atoms with Crippen LogP contribution in [0.1, 0.15) is 35.5 Å². The van der Waals surface area contributed by atoms with Crippen molar-refractivity contribution in [1.82, 2.24) is 4.57 Å². The molecule has 0 aliphatic heterocycles. The van der Waals surface area contributed by atoms with Gasteiger partial charge >= 0.3 is 0 Å². The third-order valence-corrected chi connectivity index (χ3v) is 4.68. The second-order valence-electron chi connectivity index (χ2n) is 6.69. The van der Waals surface area contributed by atoms with E-state index in [0.717, 1.165) is 28.2 Å². The lowest BCUT2D eigenvalue weighted by Gasteiger charge is -2.23. The molecule has 2 rings (SSSR count). The fourth-order valence-electron chi connectivity index (χ4n) is 3.34. The average molecular weight is 361 g/mol. The number of nitrogens with zero attached hydrogens (tertiary/aromatic N) is 1. The van der Waals surface area contributed by atoms with Gasteiger partial charge in [0.2, 0.25) is 0 Å². The van der Waals surface area contributed by atoms with Crippen LogP contribution < -0.4 is 11.5 Å². The number of hydrogen-bond donors (Lipinski definition) is 4. The molecule has 6 heteroatoms. The number of ether oxygens (including phenoxy) is 1. The lowest BCUT2D eigenvalue weighted by atomic mass is 10.0. The van der Waals surface area contributed by atoms with E-state index < -0.39 is 6.04 Å². The van der Waals surface area contributed by atoms with Crippen LogP contribution in [-0.2, 0) is 11.2 Å². The van der Waals surface area contributed by atoms with E-state index in [4.69, 9.17) is 16.2 Å². The summed E-state index contributed by atoms with van der Waals surface area (Å²) in [5.41, 5.74) is 17.2. The van der Waals surface area contributed by atoms with E-state index >= 15 is 0 Å². The molecule has 3 unspecified atom stereocenters. The Balaban J connectivity index is 2.30. The molecule has 1 aromatic carbocycles. The number of aliphatic hydroxyl groups is 2. The zero-order valence-corrected chi connectivity index (χ0v) is 15.9. The van der Waals surface area contributed by atoms with Crippen molar-refractivity contribution in [2.24, 2.45) is 11.5 Å². The summed E-state index contributed by atoms with van der Waals surface area (Å²) in [6.07, 6.45) is 0.315. The Labute approximate surface area is 155 Å². The van der Waals surface area contributed by atoms with Gasteiger partial charge in [-0.2, -0.15) is 0 Å². The van der Waals surface area contributed by atoms with Crippen molar-refractivity contribution in [3.63, 3.8) is 0 Å². The predicted octanol–water partition coefficient (Wildman–Crippen LogP) is 1.35. The normalized spacial score (nSPS) is 15.0. The molecule has 0 saturated heterocycles. The minimum absolute atomic E-state index is 0.0255. The fraction of sp³-hybridized carbons (Fsp3) is 0.500. The van der Waals surface area contributed by atoms with Gasteiger partial charge in [0.05, 0.1) is 25.4 Å². The lowest BCUT2D eigenvalue weighted by Crippen LogP contribution is -2.33. The quantitative estimate of drug-likeness (QED) is 0.539. The molecule has 144 valence electrons. The van der Waals surface area contributed by atoms with E-state index in [0.29, 0.717) is 13.0 Å². The summed E-state index contributed by atoms with van der Waals surface area (Å²) in [6, 6.07) is 9.44. The smallest absolute Gasteiger partial charge is 0.0998 e.